The van der Waals surface area contributed by atoms with Crippen molar-refractivity contribution in [3.63, 3.8) is 0 Å². The third-order valence-electron chi connectivity index (χ3n) is 5.23. The number of nitrogens with zero attached hydrogens (tertiary/aromatic N) is 2. The van der Waals surface area contributed by atoms with Crippen molar-refractivity contribution in [1.29, 1.82) is 0 Å². The van der Waals surface area contributed by atoms with Crippen LogP contribution in [0.3, 0.4) is 0 Å². The van der Waals surface area contributed by atoms with Crippen LogP contribution in [0.1, 0.15) is 35.0 Å². The van der Waals surface area contributed by atoms with E-state index < -0.39 is 0 Å². The van der Waals surface area contributed by atoms with Gasteiger partial charge in [-0.15, -0.1) is 0 Å². The van der Waals surface area contributed by atoms with Crippen molar-refractivity contribution in [3.05, 3.63) is 53.9 Å². The molecule has 0 saturated carbocycles. The SMILES string of the molecule is O=C1COc2cc(C(=O)N3CCCC(c4nc5ccccc5o4)C3)ccc2N1. The zero-order chi connectivity index (χ0) is 19.1. The lowest BCUT2D eigenvalue weighted by Gasteiger charge is -2.31. The maximum Gasteiger partial charge on any atom is 0.262 e. The summed E-state index contributed by atoms with van der Waals surface area (Å²) in [7, 11) is 0. The van der Waals surface area contributed by atoms with E-state index in [1.165, 1.54) is 0 Å². The highest BCUT2D eigenvalue weighted by molar-refractivity contribution is 5.99. The summed E-state index contributed by atoms with van der Waals surface area (Å²) in [4.78, 5) is 30.9. The van der Waals surface area contributed by atoms with Crippen LogP contribution in [-0.4, -0.2) is 41.4 Å². The molecule has 0 bridgehead atoms. The van der Waals surface area contributed by atoms with Gasteiger partial charge in [-0.05, 0) is 43.2 Å². The summed E-state index contributed by atoms with van der Waals surface area (Å²) in [5.74, 6) is 1.05. The fraction of sp³-hybridized carbons (Fsp3) is 0.286. The van der Waals surface area contributed by atoms with E-state index in [1.54, 1.807) is 18.2 Å². The van der Waals surface area contributed by atoms with Gasteiger partial charge in [0.15, 0.2) is 18.1 Å². The fourth-order valence-electron chi connectivity index (χ4n) is 3.82. The molecule has 2 aromatic carbocycles. The number of nitrogens with one attached hydrogen (secondary N) is 1. The van der Waals surface area contributed by atoms with Gasteiger partial charge in [0.2, 0.25) is 0 Å². The van der Waals surface area contributed by atoms with Crippen LogP contribution in [0.2, 0.25) is 0 Å². The van der Waals surface area contributed by atoms with Gasteiger partial charge in [-0.25, -0.2) is 4.98 Å². The third-order valence-corrected chi connectivity index (χ3v) is 5.23. The normalized spacial score (nSPS) is 19.1. The Bertz CT molecular complexity index is 1040. The number of ether oxygens (including phenoxy) is 1. The van der Waals surface area contributed by atoms with Crippen LogP contribution < -0.4 is 10.1 Å². The lowest BCUT2D eigenvalue weighted by molar-refractivity contribution is -0.118. The van der Waals surface area contributed by atoms with Gasteiger partial charge >= 0.3 is 0 Å². The first-order valence-corrected chi connectivity index (χ1v) is 9.39. The first kappa shape index (κ1) is 16.8. The molecule has 0 radical (unpaired) electrons. The number of hydrogen-bond donors (Lipinski definition) is 1. The Morgan fingerprint density at radius 2 is 2.11 bits per heavy atom. The number of aromatic nitrogens is 1. The quantitative estimate of drug-likeness (QED) is 0.741. The standard InChI is InChI=1S/C21H19N3O4/c25-19-12-27-18-10-13(7-8-16(18)22-19)21(26)24-9-3-4-14(11-24)20-23-15-5-1-2-6-17(15)28-20/h1-2,5-8,10,14H,3-4,9,11-12H2,(H,22,25). The van der Waals surface area contributed by atoms with Crippen LogP contribution in [-0.2, 0) is 4.79 Å². The molecule has 28 heavy (non-hydrogen) atoms. The summed E-state index contributed by atoms with van der Waals surface area (Å²) in [6.07, 6.45) is 1.84. The molecule has 7 nitrogen and oxygen atoms in total. The summed E-state index contributed by atoms with van der Waals surface area (Å²) in [6, 6.07) is 12.8. The van der Waals surface area contributed by atoms with Crippen molar-refractivity contribution in [2.45, 2.75) is 18.8 Å². The van der Waals surface area contributed by atoms with E-state index >= 15 is 0 Å². The third kappa shape index (κ3) is 2.98. The van der Waals surface area contributed by atoms with E-state index in [-0.39, 0.29) is 24.3 Å². The minimum absolute atomic E-state index is 0.0336. The Hall–Kier alpha value is -3.35. The first-order valence-electron chi connectivity index (χ1n) is 9.39. The van der Waals surface area contributed by atoms with E-state index in [0.717, 1.165) is 23.9 Å². The second-order valence-corrected chi connectivity index (χ2v) is 7.16. The lowest BCUT2D eigenvalue weighted by Crippen LogP contribution is -2.39. The average Bonchev–Trinajstić information content (AvgIpc) is 3.17. The Kier molecular flexibility index (Phi) is 4.00. The number of rotatable bonds is 2. The Morgan fingerprint density at radius 1 is 1.21 bits per heavy atom. The summed E-state index contributed by atoms with van der Waals surface area (Å²) in [5, 5.41) is 2.74. The van der Waals surface area contributed by atoms with Gasteiger partial charge in [-0.1, -0.05) is 12.1 Å². The minimum atomic E-state index is -0.191. The molecule has 1 aromatic heterocycles. The van der Waals surface area contributed by atoms with E-state index in [1.807, 2.05) is 29.2 Å². The molecule has 1 N–H and O–H groups in total. The van der Waals surface area contributed by atoms with Gasteiger partial charge in [-0.3, -0.25) is 9.59 Å². The highest BCUT2D eigenvalue weighted by Crippen LogP contribution is 2.32. The number of fused-ring (bicyclic) bond motifs is 2. The monoisotopic (exact) mass is 377 g/mol. The molecule has 1 unspecified atom stereocenters. The highest BCUT2D eigenvalue weighted by Gasteiger charge is 2.29. The molecule has 142 valence electrons. The van der Waals surface area contributed by atoms with Crippen LogP contribution in [0.15, 0.2) is 46.9 Å². The number of anilines is 1. The second-order valence-electron chi connectivity index (χ2n) is 7.16. The predicted octanol–water partition coefficient (Wildman–Crippen LogP) is 3.18. The number of oxazole rings is 1. The number of amides is 2. The van der Waals surface area contributed by atoms with Gasteiger partial charge in [-0.2, -0.15) is 0 Å². The molecule has 1 fully saturated rings. The van der Waals surface area contributed by atoms with Gasteiger partial charge in [0, 0.05) is 18.7 Å². The summed E-state index contributed by atoms with van der Waals surface area (Å²) in [5.41, 5.74) is 2.76. The number of benzene rings is 2. The van der Waals surface area contributed by atoms with Crippen LogP contribution >= 0.6 is 0 Å². The predicted molar refractivity (Wildman–Crippen MR) is 102 cm³/mol. The molecule has 0 spiro atoms. The van der Waals surface area contributed by atoms with Crippen molar-refractivity contribution < 1.29 is 18.7 Å². The van der Waals surface area contributed by atoms with Gasteiger partial charge in [0.05, 0.1) is 11.6 Å². The zero-order valence-corrected chi connectivity index (χ0v) is 15.2. The van der Waals surface area contributed by atoms with Crippen molar-refractivity contribution >= 4 is 28.6 Å². The number of piperidine rings is 1. The first-order chi connectivity index (χ1) is 13.7. The molecule has 2 aliphatic rings. The van der Waals surface area contributed by atoms with Crippen molar-refractivity contribution in [2.75, 3.05) is 25.0 Å². The Balaban J connectivity index is 1.36. The topological polar surface area (TPSA) is 84.7 Å². The fourth-order valence-corrected chi connectivity index (χ4v) is 3.82. The molecule has 2 aliphatic heterocycles. The Morgan fingerprint density at radius 3 is 3.00 bits per heavy atom. The van der Waals surface area contributed by atoms with E-state index in [9.17, 15) is 9.59 Å². The molecule has 3 aromatic rings. The maximum atomic E-state index is 13.0. The molecule has 7 heteroatoms. The van der Waals surface area contributed by atoms with E-state index in [2.05, 4.69) is 10.3 Å². The summed E-state index contributed by atoms with van der Waals surface area (Å²) >= 11 is 0. The molecular formula is C21H19N3O4. The highest BCUT2D eigenvalue weighted by atomic mass is 16.5. The number of carbonyl (C=O) groups excluding carboxylic acids is 2. The number of carbonyl (C=O) groups is 2. The summed E-state index contributed by atoms with van der Waals surface area (Å²) in [6.45, 7) is 1.23. The minimum Gasteiger partial charge on any atom is -0.482 e. The van der Waals surface area contributed by atoms with Gasteiger partial charge in [0.25, 0.3) is 11.8 Å². The molecule has 1 atom stereocenters. The van der Waals surface area contributed by atoms with Crippen molar-refractivity contribution in [2.24, 2.45) is 0 Å². The molecular weight excluding hydrogens is 358 g/mol. The average molecular weight is 377 g/mol. The molecule has 3 heterocycles. The molecule has 0 aliphatic carbocycles. The molecule has 2 amide bonds. The van der Waals surface area contributed by atoms with Gasteiger partial charge in [0.1, 0.15) is 11.3 Å². The molecule has 1 saturated heterocycles. The lowest BCUT2D eigenvalue weighted by atomic mass is 9.97. The van der Waals surface area contributed by atoms with Crippen LogP contribution in [0, 0.1) is 0 Å². The van der Waals surface area contributed by atoms with Crippen LogP contribution in [0.4, 0.5) is 5.69 Å². The largest absolute Gasteiger partial charge is 0.482 e. The zero-order valence-electron chi connectivity index (χ0n) is 15.2. The second kappa shape index (κ2) is 6.67. The number of hydrogen-bond acceptors (Lipinski definition) is 5. The van der Waals surface area contributed by atoms with Crippen LogP contribution in [0.5, 0.6) is 5.75 Å². The van der Waals surface area contributed by atoms with Crippen molar-refractivity contribution in [3.8, 4) is 5.75 Å². The smallest absolute Gasteiger partial charge is 0.262 e. The maximum absolute atomic E-state index is 13.0. The number of para-hydroxylation sites is 2. The van der Waals surface area contributed by atoms with Crippen LogP contribution in [0.25, 0.3) is 11.1 Å². The van der Waals surface area contributed by atoms with E-state index in [4.69, 9.17) is 9.15 Å². The summed E-state index contributed by atoms with van der Waals surface area (Å²) < 4.78 is 11.3. The number of likely N-dealkylation sites (tertiary alicyclic amines) is 1. The van der Waals surface area contributed by atoms with E-state index in [0.29, 0.717) is 36.0 Å². The Labute approximate surface area is 161 Å². The van der Waals surface area contributed by atoms with Crippen molar-refractivity contribution in [1.82, 2.24) is 9.88 Å². The van der Waals surface area contributed by atoms with Gasteiger partial charge < -0.3 is 19.4 Å². The molecule has 5 rings (SSSR count).